The van der Waals surface area contributed by atoms with E-state index in [9.17, 15) is 28.8 Å². The van der Waals surface area contributed by atoms with Gasteiger partial charge in [-0.05, 0) is 61.7 Å². The molecular weight excluding hydrogens is 642 g/mol. The van der Waals surface area contributed by atoms with Crippen LogP contribution in [-0.4, -0.2) is 87.3 Å². The summed E-state index contributed by atoms with van der Waals surface area (Å²) in [4.78, 5) is 90.4. The highest BCUT2D eigenvalue weighted by molar-refractivity contribution is 6.32. The summed E-state index contributed by atoms with van der Waals surface area (Å²) in [6.45, 7) is 7.82. The van der Waals surface area contributed by atoms with Crippen molar-refractivity contribution in [2.45, 2.75) is 135 Å². The zero-order valence-corrected chi connectivity index (χ0v) is 29.7. The van der Waals surface area contributed by atoms with Gasteiger partial charge in [0.25, 0.3) is 5.91 Å². The van der Waals surface area contributed by atoms with Gasteiger partial charge >= 0.3 is 11.9 Å². The van der Waals surface area contributed by atoms with Crippen molar-refractivity contribution in [3.05, 3.63) is 24.3 Å². The number of amides is 5. The molecule has 1 aromatic rings. The Morgan fingerprint density at radius 1 is 0.920 bits per heavy atom. The third kappa shape index (κ3) is 9.16. The summed E-state index contributed by atoms with van der Waals surface area (Å²) in [6, 6.07) is -2.74. The van der Waals surface area contributed by atoms with Crippen LogP contribution in [0.3, 0.4) is 0 Å². The second-order valence-electron chi connectivity index (χ2n) is 15.5. The van der Waals surface area contributed by atoms with E-state index in [1.807, 2.05) is 27.7 Å². The molecule has 2 heterocycles. The number of ether oxygens (including phenoxy) is 1. The Labute approximate surface area is 294 Å². The first-order valence-electron chi connectivity index (χ1n) is 18.4. The van der Waals surface area contributed by atoms with Crippen LogP contribution < -0.4 is 21.3 Å². The largest absolute Gasteiger partial charge is 0.435 e. The highest BCUT2D eigenvalue weighted by Gasteiger charge is 2.52. The fraction of sp³-hybridized carbons (Fsp3) is 0.722. The molecule has 0 aromatic carbocycles. The molecule has 5 rings (SSSR count). The molecule has 14 nitrogen and oxygen atoms in total. The lowest BCUT2D eigenvalue weighted by atomic mass is 9.82. The van der Waals surface area contributed by atoms with Crippen LogP contribution in [0.4, 0.5) is 0 Å². The minimum atomic E-state index is -1.05. The Kier molecular flexibility index (Phi) is 12.1. The van der Waals surface area contributed by atoms with Crippen LogP contribution in [0.25, 0.3) is 0 Å². The molecule has 6 atom stereocenters. The van der Waals surface area contributed by atoms with E-state index >= 15 is 0 Å². The van der Waals surface area contributed by atoms with Gasteiger partial charge in [-0.15, -0.1) is 0 Å². The normalized spacial score (nSPS) is 23.9. The predicted molar refractivity (Wildman–Crippen MR) is 182 cm³/mol. The van der Waals surface area contributed by atoms with E-state index in [1.54, 1.807) is 4.90 Å². The second-order valence-corrected chi connectivity index (χ2v) is 15.5. The summed E-state index contributed by atoms with van der Waals surface area (Å²) in [5.74, 6) is -3.78. The zero-order valence-electron chi connectivity index (χ0n) is 29.7. The van der Waals surface area contributed by atoms with Crippen LogP contribution >= 0.6 is 0 Å². The van der Waals surface area contributed by atoms with Crippen LogP contribution in [0, 0.1) is 23.2 Å². The third-order valence-corrected chi connectivity index (χ3v) is 10.5. The molecule has 3 aliphatic carbocycles. The van der Waals surface area contributed by atoms with Crippen LogP contribution in [0.5, 0.6) is 0 Å². The molecular formula is C36H53N7O7. The Balaban J connectivity index is 1.33. The van der Waals surface area contributed by atoms with Gasteiger partial charge in [0, 0.05) is 31.4 Å². The van der Waals surface area contributed by atoms with Crippen molar-refractivity contribution in [3.63, 3.8) is 0 Å². The second kappa shape index (κ2) is 16.3. The zero-order chi connectivity index (χ0) is 36.0. The van der Waals surface area contributed by atoms with Crippen molar-refractivity contribution in [1.82, 2.24) is 36.1 Å². The van der Waals surface area contributed by atoms with Crippen molar-refractivity contribution in [1.29, 1.82) is 0 Å². The van der Waals surface area contributed by atoms with Crippen molar-refractivity contribution < 1.29 is 33.5 Å². The quantitative estimate of drug-likeness (QED) is 0.145. The lowest BCUT2D eigenvalue weighted by Gasteiger charge is -2.38. The summed E-state index contributed by atoms with van der Waals surface area (Å²) in [5, 5.41) is 11.3. The van der Waals surface area contributed by atoms with Gasteiger partial charge in [-0.1, -0.05) is 59.8 Å². The van der Waals surface area contributed by atoms with E-state index in [1.165, 1.54) is 18.6 Å². The smallest absolute Gasteiger partial charge is 0.398 e. The van der Waals surface area contributed by atoms with Gasteiger partial charge in [0.2, 0.25) is 17.7 Å². The monoisotopic (exact) mass is 695 g/mol. The number of hydrogen-bond acceptors (Lipinski definition) is 9. The first-order chi connectivity index (χ1) is 23.9. The first-order valence-corrected chi connectivity index (χ1v) is 18.4. The standard InChI is InChI=1S/C36H53N7O7/c1-5-10-26(50-35(49)33(47)39-23-15-16-23)40-32(46)28-24-14-9-13-22(24)20-43(28)34(48)29(36(2,3)4)42-31(45)27(21-11-7-6-8-12-21)41-30(44)25-19-37-17-18-38-25/h17-19,21-24,26-29H,5-16,20H2,1-4H3,(H,39,47)(H,40,46)(H,41,44)(H,42,45)/t22-,24-,26+,27-,28-,29+/m0/s1. The van der Waals surface area contributed by atoms with Crippen molar-refractivity contribution in [2.24, 2.45) is 23.2 Å². The van der Waals surface area contributed by atoms with Gasteiger partial charge in [0.1, 0.15) is 23.8 Å². The molecule has 0 unspecified atom stereocenters. The predicted octanol–water partition coefficient (Wildman–Crippen LogP) is 2.38. The topological polar surface area (TPSA) is 189 Å². The number of esters is 1. The summed E-state index contributed by atoms with van der Waals surface area (Å²) < 4.78 is 5.43. The molecule has 14 heteroatoms. The number of aromatic nitrogens is 2. The molecule has 4 fully saturated rings. The Bertz CT molecular complexity index is 1410. The number of hydrogen-bond donors (Lipinski definition) is 4. The number of nitrogens with one attached hydrogen (secondary N) is 4. The number of carbonyl (C=O) groups excluding carboxylic acids is 6. The Morgan fingerprint density at radius 3 is 2.30 bits per heavy atom. The molecule has 3 saturated carbocycles. The molecule has 274 valence electrons. The minimum Gasteiger partial charge on any atom is -0.435 e. The molecule has 0 bridgehead atoms. The molecule has 4 aliphatic rings. The molecule has 5 amide bonds. The average molecular weight is 696 g/mol. The molecule has 4 N–H and O–H groups in total. The minimum absolute atomic E-state index is 0.0183. The fourth-order valence-corrected chi connectivity index (χ4v) is 7.73. The Hall–Kier alpha value is -4.10. The number of carbonyl (C=O) groups is 6. The summed E-state index contributed by atoms with van der Waals surface area (Å²) in [5.41, 5.74) is -0.648. The van der Waals surface area contributed by atoms with E-state index < -0.39 is 59.4 Å². The van der Waals surface area contributed by atoms with Crippen molar-refractivity contribution in [3.8, 4) is 0 Å². The fourth-order valence-electron chi connectivity index (χ4n) is 7.73. The third-order valence-electron chi connectivity index (χ3n) is 10.5. The van der Waals surface area contributed by atoms with Gasteiger partial charge in [-0.3, -0.25) is 29.0 Å². The molecule has 0 spiro atoms. The van der Waals surface area contributed by atoms with E-state index in [-0.39, 0.29) is 35.4 Å². The van der Waals surface area contributed by atoms with E-state index in [4.69, 9.17) is 4.74 Å². The van der Waals surface area contributed by atoms with Gasteiger partial charge < -0.3 is 30.9 Å². The SMILES string of the molecule is CCC[C@H](NC(=O)[C@@H]1[C@H]2CCC[C@H]2CN1C(=O)[C@@H](NC(=O)[C@@H](NC(=O)c1cnccn1)C1CCCCC1)C(C)(C)C)OC(=O)C(=O)NC1CC1. The number of nitrogens with zero attached hydrogens (tertiary/aromatic N) is 3. The van der Waals surface area contributed by atoms with Gasteiger partial charge in [-0.25, -0.2) is 9.78 Å². The van der Waals surface area contributed by atoms with Crippen molar-refractivity contribution in [2.75, 3.05) is 6.54 Å². The molecule has 0 radical (unpaired) electrons. The highest BCUT2D eigenvalue weighted by Crippen LogP contribution is 2.43. The lowest BCUT2D eigenvalue weighted by Crippen LogP contribution is -2.62. The first kappa shape index (κ1) is 37.2. The Morgan fingerprint density at radius 2 is 1.66 bits per heavy atom. The molecule has 1 aliphatic heterocycles. The number of rotatable bonds is 12. The maximum Gasteiger partial charge on any atom is 0.398 e. The summed E-state index contributed by atoms with van der Waals surface area (Å²) in [7, 11) is 0. The summed E-state index contributed by atoms with van der Waals surface area (Å²) >= 11 is 0. The maximum atomic E-state index is 14.6. The molecule has 50 heavy (non-hydrogen) atoms. The molecule has 1 aromatic heterocycles. The van der Waals surface area contributed by atoms with Crippen LogP contribution in [0.2, 0.25) is 0 Å². The van der Waals surface area contributed by atoms with E-state index in [2.05, 4.69) is 31.2 Å². The number of fused-ring (bicyclic) bond motifs is 1. The summed E-state index contributed by atoms with van der Waals surface area (Å²) in [6.07, 6.45) is 12.7. The van der Waals surface area contributed by atoms with E-state index in [0.717, 1.165) is 64.2 Å². The maximum absolute atomic E-state index is 14.6. The van der Waals surface area contributed by atoms with Gasteiger partial charge in [0.15, 0.2) is 6.23 Å². The average Bonchev–Trinajstić information content (AvgIpc) is 3.66. The van der Waals surface area contributed by atoms with Gasteiger partial charge in [-0.2, -0.15) is 0 Å². The highest BCUT2D eigenvalue weighted by atomic mass is 16.6. The molecule has 1 saturated heterocycles. The van der Waals surface area contributed by atoms with Crippen LogP contribution in [0.1, 0.15) is 115 Å². The number of likely N-dealkylation sites (tertiary alicyclic amines) is 1. The van der Waals surface area contributed by atoms with E-state index in [0.29, 0.717) is 19.4 Å². The van der Waals surface area contributed by atoms with Crippen LogP contribution in [-0.2, 0) is 28.7 Å². The van der Waals surface area contributed by atoms with Crippen LogP contribution in [0.15, 0.2) is 18.6 Å². The van der Waals surface area contributed by atoms with Gasteiger partial charge in [0.05, 0.1) is 6.20 Å². The lowest BCUT2D eigenvalue weighted by molar-refractivity contribution is -0.162. The van der Waals surface area contributed by atoms with Crippen molar-refractivity contribution >= 4 is 35.5 Å².